The molecule has 0 spiro atoms. The average molecular weight is 370 g/mol. The van der Waals surface area contributed by atoms with Gasteiger partial charge in [-0.1, -0.05) is 23.7 Å². The smallest absolute Gasteiger partial charge is 0.104 e. The molecule has 3 aromatic rings. The van der Waals surface area contributed by atoms with Gasteiger partial charge in [-0.3, -0.25) is 0 Å². The van der Waals surface area contributed by atoms with Crippen molar-refractivity contribution in [3.05, 3.63) is 74.9 Å². The number of nitrogens with one attached hydrogen (secondary N) is 1. The first-order valence-corrected chi connectivity index (χ1v) is 9.88. The van der Waals surface area contributed by atoms with Crippen LogP contribution in [0.25, 0.3) is 5.00 Å². The molecule has 0 saturated carbocycles. The Morgan fingerprint density at radius 3 is 3.00 bits per heavy atom. The molecular weight excluding hydrogens is 350 g/mol. The van der Waals surface area contributed by atoms with Crippen molar-refractivity contribution in [3.8, 4) is 5.00 Å². The maximum absolute atomic E-state index is 6.25. The summed E-state index contributed by atoms with van der Waals surface area (Å²) in [5.74, 6) is 0. The van der Waals surface area contributed by atoms with E-state index in [1.54, 1.807) is 5.56 Å². The molecule has 25 heavy (non-hydrogen) atoms. The Kier molecular flexibility index (Phi) is 3.75. The summed E-state index contributed by atoms with van der Waals surface area (Å²) < 4.78 is 2.38. The monoisotopic (exact) mass is 369 g/mol. The highest BCUT2D eigenvalue weighted by Gasteiger charge is 2.29. The van der Waals surface area contributed by atoms with Crippen molar-refractivity contribution in [2.24, 2.45) is 0 Å². The molecule has 0 fully saturated rings. The lowest BCUT2D eigenvalue weighted by atomic mass is 10.0. The number of hydrogen-bond donors (Lipinski definition) is 1. The van der Waals surface area contributed by atoms with Crippen LogP contribution >= 0.6 is 22.9 Å². The quantitative estimate of drug-likeness (QED) is 0.687. The van der Waals surface area contributed by atoms with Gasteiger partial charge in [0.15, 0.2) is 0 Å². The largest absolute Gasteiger partial charge is 0.310 e. The third kappa shape index (κ3) is 2.56. The summed E-state index contributed by atoms with van der Waals surface area (Å²) in [5, 5.41) is 5.96. The van der Waals surface area contributed by atoms with Crippen LogP contribution in [0.5, 0.6) is 0 Å². The predicted octanol–water partition coefficient (Wildman–Crippen LogP) is 4.37. The van der Waals surface area contributed by atoms with Gasteiger partial charge < -0.3 is 14.8 Å². The van der Waals surface area contributed by atoms with E-state index in [0.29, 0.717) is 0 Å². The van der Waals surface area contributed by atoms with Gasteiger partial charge in [0.25, 0.3) is 0 Å². The van der Waals surface area contributed by atoms with E-state index in [4.69, 9.17) is 11.6 Å². The number of hydrogen-bond acceptors (Lipinski definition) is 3. The molecule has 1 N–H and O–H groups in total. The number of thiophene rings is 1. The van der Waals surface area contributed by atoms with Crippen LogP contribution in [-0.4, -0.2) is 23.1 Å². The molecule has 0 aliphatic carbocycles. The van der Waals surface area contributed by atoms with Crippen LogP contribution in [0.3, 0.4) is 0 Å². The zero-order valence-corrected chi connectivity index (χ0v) is 15.7. The lowest BCUT2D eigenvalue weighted by molar-refractivity contribution is 0.316. The Morgan fingerprint density at radius 2 is 2.12 bits per heavy atom. The normalized spacial score (nSPS) is 19.8. The van der Waals surface area contributed by atoms with Crippen LogP contribution in [0, 0.1) is 0 Å². The Bertz CT molecular complexity index is 942. The Balaban J connectivity index is 1.63. The van der Waals surface area contributed by atoms with E-state index >= 15 is 0 Å². The molecule has 0 bridgehead atoms. The summed E-state index contributed by atoms with van der Waals surface area (Å²) in [6.45, 7) is 3.12. The minimum Gasteiger partial charge on any atom is -0.310 e. The van der Waals surface area contributed by atoms with Crippen molar-refractivity contribution in [2.75, 3.05) is 13.6 Å². The summed E-state index contributed by atoms with van der Waals surface area (Å²) >= 11 is 8.20. The van der Waals surface area contributed by atoms with Crippen LogP contribution in [0.15, 0.2) is 42.6 Å². The second kappa shape index (κ2) is 5.99. The molecule has 1 atom stereocenters. The van der Waals surface area contributed by atoms with Crippen molar-refractivity contribution in [3.63, 3.8) is 0 Å². The number of likely N-dealkylation sites (N-methyl/N-ethyl adjacent to an activating group) is 1. The Morgan fingerprint density at radius 1 is 1.20 bits per heavy atom. The molecule has 1 aromatic carbocycles. The summed E-state index contributed by atoms with van der Waals surface area (Å²) in [6, 6.07) is 12.7. The van der Waals surface area contributed by atoms with E-state index < -0.39 is 0 Å². The summed E-state index contributed by atoms with van der Waals surface area (Å²) in [7, 11) is 2.21. The third-order valence-electron chi connectivity index (χ3n) is 5.30. The standard InChI is InChI=1S/C20H20ClN3S/c1-23-9-7-15-16-11-22-19(13-4-2-5-14(21)10-13)17-6-3-8-24(17)20(16)25-18(15)12-23/h2-6,8,10,19,22H,7,9,11-12H2,1H3/t19-/m0/s1. The second-order valence-corrected chi connectivity index (χ2v) is 8.47. The molecule has 0 saturated heterocycles. The van der Waals surface area contributed by atoms with Gasteiger partial charge in [-0.25, -0.2) is 0 Å². The van der Waals surface area contributed by atoms with Crippen molar-refractivity contribution in [1.29, 1.82) is 0 Å². The zero-order chi connectivity index (χ0) is 17.0. The summed E-state index contributed by atoms with van der Waals surface area (Å²) in [4.78, 5) is 3.94. The minimum absolute atomic E-state index is 0.162. The van der Waals surface area contributed by atoms with Gasteiger partial charge in [0.1, 0.15) is 5.00 Å². The van der Waals surface area contributed by atoms with Crippen molar-refractivity contribution < 1.29 is 0 Å². The van der Waals surface area contributed by atoms with E-state index in [1.165, 1.54) is 26.7 Å². The molecular formula is C20H20ClN3S. The fraction of sp³-hybridized carbons (Fsp3) is 0.300. The van der Waals surface area contributed by atoms with Crippen LogP contribution in [0.1, 0.15) is 33.3 Å². The van der Waals surface area contributed by atoms with E-state index in [9.17, 15) is 0 Å². The minimum atomic E-state index is 0.162. The molecule has 0 radical (unpaired) electrons. The lowest BCUT2D eigenvalue weighted by Gasteiger charge is -2.23. The summed E-state index contributed by atoms with van der Waals surface area (Å²) in [6.07, 6.45) is 3.35. The molecule has 0 amide bonds. The lowest BCUT2D eigenvalue weighted by Crippen LogP contribution is -2.27. The van der Waals surface area contributed by atoms with E-state index in [2.05, 4.69) is 52.3 Å². The average Bonchev–Trinajstić information content (AvgIpc) is 3.17. The van der Waals surface area contributed by atoms with Crippen LogP contribution in [0.4, 0.5) is 0 Å². The predicted molar refractivity (Wildman–Crippen MR) is 104 cm³/mol. The topological polar surface area (TPSA) is 20.2 Å². The first-order valence-electron chi connectivity index (χ1n) is 8.69. The van der Waals surface area contributed by atoms with Crippen molar-refractivity contribution >= 4 is 22.9 Å². The van der Waals surface area contributed by atoms with Gasteiger partial charge in [0.2, 0.25) is 0 Å². The van der Waals surface area contributed by atoms with Gasteiger partial charge in [-0.2, -0.15) is 0 Å². The van der Waals surface area contributed by atoms with Crippen molar-refractivity contribution in [1.82, 2.24) is 14.8 Å². The fourth-order valence-corrected chi connectivity index (χ4v) is 5.71. The molecule has 5 rings (SSSR count). The van der Waals surface area contributed by atoms with Crippen molar-refractivity contribution in [2.45, 2.75) is 25.6 Å². The number of benzene rings is 1. The molecule has 0 unspecified atom stereocenters. The summed E-state index contributed by atoms with van der Waals surface area (Å²) in [5.41, 5.74) is 5.55. The Hall–Kier alpha value is -1.59. The molecule has 3 nitrogen and oxygen atoms in total. The molecule has 4 heterocycles. The third-order valence-corrected chi connectivity index (χ3v) is 6.79. The number of fused-ring (bicyclic) bond motifs is 5. The second-order valence-electron chi connectivity index (χ2n) is 6.95. The van der Waals surface area contributed by atoms with Crippen LogP contribution in [0.2, 0.25) is 5.02 Å². The Labute approximate surface area is 156 Å². The van der Waals surface area contributed by atoms with Gasteiger partial charge in [-0.05, 0) is 48.9 Å². The molecule has 2 aliphatic heterocycles. The highest BCUT2D eigenvalue weighted by atomic mass is 35.5. The van der Waals surface area contributed by atoms with Crippen LogP contribution in [-0.2, 0) is 19.5 Å². The first kappa shape index (κ1) is 15.6. The maximum atomic E-state index is 6.25. The van der Waals surface area contributed by atoms with Gasteiger partial charge >= 0.3 is 0 Å². The molecule has 5 heteroatoms. The fourth-order valence-electron chi connectivity index (χ4n) is 4.06. The number of aromatic nitrogens is 1. The zero-order valence-electron chi connectivity index (χ0n) is 14.1. The van der Waals surface area contributed by atoms with E-state index in [0.717, 1.165) is 31.1 Å². The SMILES string of the molecule is CN1CCc2c(sc3c2CN[C@@H](c2cccc(Cl)c2)c2cccn2-3)C1. The van der Waals surface area contributed by atoms with Gasteiger partial charge in [-0.15, -0.1) is 11.3 Å². The van der Waals surface area contributed by atoms with Gasteiger partial charge in [0, 0.05) is 47.0 Å². The number of halogens is 1. The van der Waals surface area contributed by atoms with Gasteiger partial charge in [0.05, 0.1) is 6.04 Å². The highest BCUT2D eigenvalue weighted by Crippen LogP contribution is 2.40. The molecule has 2 aliphatic rings. The number of rotatable bonds is 1. The molecule has 128 valence electrons. The number of nitrogens with zero attached hydrogens (tertiary/aromatic N) is 2. The first-order chi connectivity index (χ1) is 12.2. The highest BCUT2D eigenvalue weighted by molar-refractivity contribution is 7.15. The maximum Gasteiger partial charge on any atom is 0.104 e. The van der Waals surface area contributed by atoms with Crippen LogP contribution < -0.4 is 5.32 Å². The van der Waals surface area contributed by atoms with E-state index in [-0.39, 0.29) is 6.04 Å². The molecule has 2 aromatic heterocycles. The van der Waals surface area contributed by atoms with E-state index in [1.807, 2.05) is 23.5 Å².